The molecular weight excluding hydrogens is 167 g/mol. The van der Waals surface area contributed by atoms with Gasteiger partial charge in [-0.3, -0.25) is 0 Å². The van der Waals surface area contributed by atoms with Crippen LogP contribution in [0.4, 0.5) is 4.39 Å². The van der Waals surface area contributed by atoms with Gasteiger partial charge in [-0.2, -0.15) is 4.39 Å². The van der Waals surface area contributed by atoms with Crippen LogP contribution in [0.15, 0.2) is 18.2 Å². The zero-order valence-corrected chi connectivity index (χ0v) is 6.94. The van der Waals surface area contributed by atoms with E-state index in [1.807, 2.05) is 0 Å². The van der Waals surface area contributed by atoms with Gasteiger partial charge >= 0.3 is 0 Å². The average molecular weight is 177 g/mol. The molecule has 0 saturated heterocycles. The summed E-state index contributed by atoms with van der Waals surface area (Å²) in [4.78, 5) is 3.58. The molecule has 1 unspecified atom stereocenters. The Morgan fingerprint density at radius 2 is 2.18 bits per heavy atom. The predicted molar refractivity (Wildman–Crippen MR) is 44.0 cm³/mol. The first-order valence-corrected chi connectivity index (χ1v) is 3.08. The molecule has 0 fully saturated rings. The molecule has 0 aliphatic heterocycles. The number of hydrogen-bond donors (Lipinski definition) is 1. The van der Waals surface area contributed by atoms with E-state index in [0.29, 0.717) is 5.69 Å². The molecule has 11 heavy (non-hydrogen) atoms. The summed E-state index contributed by atoms with van der Waals surface area (Å²) in [5, 5.41) is 0. The van der Waals surface area contributed by atoms with Gasteiger partial charge in [0.05, 0.1) is 5.69 Å². The van der Waals surface area contributed by atoms with E-state index < -0.39 is 5.95 Å². The monoisotopic (exact) mass is 176 g/mol. The van der Waals surface area contributed by atoms with E-state index >= 15 is 0 Å². The first-order valence-electron chi connectivity index (χ1n) is 3.08. The molecule has 0 aromatic carbocycles. The first-order chi connectivity index (χ1) is 4.70. The molecule has 1 aromatic heterocycles. The number of aromatic nitrogens is 1. The van der Waals surface area contributed by atoms with E-state index in [0.717, 1.165) is 0 Å². The third kappa shape index (κ3) is 2.82. The molecule has 0 aliphatic carbocycles. The van der Waals surface area contributed by atoms with Gasteiger partial charge in [0.25, 0.3) is 0 Å². The molecule has 4 heteroatoms. The van der Waals surface area contributed by atoms with E-state index in [4.69, 9.17) is 5.73 Å². The second kappa shape index (κ2) is 4.26. The van der Waals surface area contributed by atoms with Crippen LogP contribution in [-0.2, 0) is 0 Å². The lowest BCUT2D eigenvalue weighted by Crippen LogP contribution is -2.07. The van der Waals surface area contributed by atoms with Crippen molar-refractivity contribution in [2.45, 2.75) is 13.0 Å². The van der Waals surface area contributed by atoms with Crippen LogP contribution in [0.5, 0.6) is 0 Å². The topological polar surface area (TPSA) is 38.9 Å². The molecule has 0 aliphatic rings. The lowest BCUT2D eigenvalue weighted by Gasteiger charge is -2.01. The van der Waals surface area contributed by atoms with Crippen LogP contribution in [0.25, 0.3) is 0 Å². The summed E-state index contributed by atoms with van der Waals surface area (Å²) in [6.07, 6.45) is 0. The quantitative estimate of drug-likeness (QED) is 0.661. The number of hydrogen-bond acceptors (Lipinski definition) is 2. The van der Waals surface area contributed by atoms with Crippen molar-refractivity contribution in [3.05, 3.63) is 29.8 Å². The summed E-state index contributed by atoms with van der Waals surface area (Å²) in [6, 6.07) is 4.40. The molecule has 1 rings (SSSR count). The lowest BCUT2D eigenvalue weighted by atomic mass is 10.2. The Balaban J connectivity index is 0.000001000. The highest BCUT2D eigenvalue weighted by Gasteiger charge is 1.99. The van der Waals surface area contributed by atoms with Crippen LogP contribution >= 0.6 is 12.4 Å². The van der Waals surface area contributed by atoms with Gasteiger partial charge in [-0.25, -0.2) is 4.98 Å². The average Bonchev–Trinajstić information content (AvgIpc) is 1.88. The summed E-state index contributed by atoms with van der Waals surface area (Å²) in [6.45, 7) is 1.77. The first kappa shape index (κ1) is 10.3. The maximum Gasteiger partial charge on any atom is 0.213 e. The Morgan fingerprint density at radius 1 is 1.55 bits per heavy atom. The fourth-order valence-corrected chi connectivity index (χ4v) is 0.678. The fourth-order valence-electron chi connectivity index (χ4n) is 0.678. The molecule has 0 radical (unpaired) electrons. The predicted octanol–water partition coefficient (Wildman–Crippen LogP) is 1.66. The standard InChI is InChI=1S/C7H9FN2.ClH/c1-5(9)6-3-2-4-7(8)10-6;/h2-5H,9H2,1H3;1H. The Hall–Kier alpha value is -0.670. The number of pyridine rings is 1. The summed E-state index contributed by atoms with van der Waals surface area (Å²) >= 11 is 0. The highest BCUT2D eigenvalue weighted by atomic mass is 35.5. The molecule has 0 spiro atoms. The molecule has 0 saturated carbocycles. The van der Waals surface area contributed by atoms with Gasteiger partial charge in [0, 0.05) is 6.04 Å². The SMILES string of the molecule is CC(N)c1cccc(F)n1.Cl. The van der Waals surface area contributed by atoms with E-state index in [1.165, 1.54) is 6.07 Å². The smallest absolute Gasteiger partial charge is 0.213 e. The number of nitrogens with zero attached hydrogens (tertiary/aromatic N) is 1. The molecular formula is C7H10ClFN2. The van der Waals surface area contributed by atoms with Crippen LogP contribution < -0.4 is 5.73 Å². The molecule has 62 valence electrons. The summed E-state index contributed by atoms with van der Waals surface area (Å²) in [5.41, 5.74) is 6.04. The molecule has 2 N–H and O–H groups in total. The van der Waals surface area contributed by atoms with Crippen LogP contribution in [0, 0.1) is 5.95 Å². The van der Waals surface area contributed by atoms with Crippen LogP contribution in [0.1, 0.15) is 18.7 Å². The third-order valence-electron chi connectivity index (χ3n) is 1.20. The van der Waals surface area contributed by atoms with Crippen LogP contribution in [0.3, 0.4) is 0 Å². The van der Waals surface area contributed by atoms with Crippen LogP contribution in [0.2, 0.25) is 0 Å². The van der Waals surface area contributed by atoms with Gasteiger partial charge in [0.2, 0.25) is 5.95 Å². The minimum absolute atomic E-state index is 0. The number of rotatable bonds is 1. The highest BCUT2D eigenvalue weighted by molar-refractivity contribution is 5.85. The Morgan fingerprint density at radius 3 is 2.55 bits per heavy atom. The van der Waals surface area contributed by atoms with E-state index in [2.05, 4.69) is 4.98 Å². The van der Waals surface area contributed by atoms with Crippen molar-refractivity contribution in [3.8, 4) is 0 Å². The molecule has 0 bridgehead atoms. The summed E-state index contributed by atoms with van der Waals surface area (Å²) in [5.74, 6) is -0.477. The zero-order chi connectivity index (χ0) is 7.56. The Kier molecular flexibility index (Phi) is 4.00. The van der Waals surface area contributed by atoms with Crippen molar-refractivity contribution >= 4 is 12.4 Å². The highest BCUT2D eigenvalue weighted by Crippen LogP contribution is 2.05. The largest absolute Gasteiger partial charge is 0.323 e. The van der Waals surface area contributed by atoms with Gasteiger partial charge in [-0.15, -0.1) is 12.4 Å². The summed E-state index contributed by atoms with van der Waals surface area (Å²) < 4.78 is 12.4. The molecule has 1 aromatic rings. The maximum atomic E-state index is 12.4. The van der Waals surface area contributed by atoms with Crippen molar-refractivity contribution in [2.24, 2.45) is 5.73 Å². The van der Waals surface area contributed by atoms with E-state index in [1.54, 1.807) is 19.1 Å². The van der Waals surface area contributed by atoms with Crippen molar-refractivity contribution in [1.82, 2.24) is 4.98 Å². The molecule has 0 amide bonds. The van der Waals surface area contributed by atoms with E-state index in [-0.39, 0.29) is 18.4 Å². The molecule has 2 nitrogen and oxygen atoms in total. The Labute approximate surface area is 71.0 Å². The van der Waals surface area contributed by atoms with Gasteiger partial charge in [0.1, 0.15) is 0 Å². The summed E-state index contributed by atoms with van der Waals surface area (Å²) in [7, 11) is 0. The van der Waals surface area contributed by atoms with Crippen molar-refractivity contribution in [1.29, 1.82) is 0 Å². The lowest BCUT2D eigenvalue weighted by molar-refractivity contribution is 0.569. The zero-order valence-electron chi connectivity index (χ0n) is 6.12. The van der Waals surface area contributed by atoms with Crippen molar-refractivity contribution in [3.63, 3.8) is 0 Å². The molecule has 1 heterocycles. The third-order valence-corrected chi connectivity index (χ3v) is 1.20. The second-order valence-corrected chi connectivity index (χ2v) is 2.17. The minimum Gasteiger partial charge on any atom is -0.323 e. The number of halogens is 2. The molecule has 1 atom stereocenters. The van der Waals surface area contributed by atoms with Crippen molar-refractivity contribution in [2.75, 3.05) is 0 Å². The maximum absolute atomic E-state index is 12.4. The van der Waals surface area contributed by atoms with Crippen LogP contribution in [-0.4, -0.2) is 4.98 Å². The normalized spacial score (nSPS) is 11.9. The van der Waals surface area contributed by atoms with Gasteiger partial charge < -0.3 is 5.73 Å². The van der Waals surface area contributed by atoms with Crippen molar-refractivity contribution < 1.29 is 4.39 Å². The Bertz CT molecular complexity index is 227. The second-order valence-electron chi connectivity index (χ2n) is 2.17. The fraction of sp³-hybridized carbons (Fsp3) is 0.286. The number of nitrogens with two attached hydrogens (primary N) is 1. The van der Waals surface area contributed by atoms with Gasteiger partial charge in [-0.1, -0.05) is 6.07 Å². The van der Waals surface area contributed by atoms with Gasteiger partial charge in [-0.05, 0) is 19.1 Å². The minimum atomic E-state index is -0.477. The van der Waals surface area contributed by atoms with Gasteiger partial charge in [0.15, 0.2) is 0 Å². The van der Waals surface area contributed by atoms with E-state index in [9.17, 15) is 4.39 Å².